The van der Waals surface area contributed by atoms with Crippen LogP contribution >= 0.6 is 0 Å². The maximum absolute atomic E-state index is 14.5. The molecule has 6 nitrogen and oxygen atoms in total. The fourth-order valence-corrected chi connectivity index (χ4v) is 4.68. The van der Waals surface area contributed by atoms with E-state index in [1.165, 1.54) is 18.4 Å². The second kappa shape index (κ2) is 6.79. The van der Waals surface area contributed by atoms with E-state index in [1.807, 2.05) is 0 Å². The topological polar surface area (TPSA) is 89.9 Å². The number of aliphatic hydroxyl groups is 2. The average Bonchev–Trinajstić information content (AvgIpc) is 2.42. The Kier molecular flexibility index (Phi) is 5.02. The zero-order valence-electron chi connectivity index (χ0n) is 13.8. The summed E-state index contributed by atoms with van der Waals surface area (Å²) in [7, 11) is -3.07. The van der Waals surface area contributed by atoms with Crippen LogP contribution in [0, 0.1) is 17.6 Å². The van der Waals surface area contributed by atoms with Crippen molar-refractivity contribution >= 4 is 15.5 Å². The van der Waals surface area contributed by atoms with Crippen molar-refractivity contribution in [3.05, 3.63) is 29.3 Å². The predicted molar refractivity (Wildman–Crippen MR) is 88.9 cm³/mol. The number of piperidine rings is 1. The van der Waals surface area contributed by atoms with Crippen LogP contribution in [0.5, 0.6) is 0 Å². The molecule has 0 spiro atoms. The summed E-state index contributed by atoms with van der Waals surface area (Å²) in [4.78, 5) is 1.73. The van der Waals surface area contributed by atoms with Crippen LogP contribution in [0.4, 0.5) is 14.5 Å². The summed E-state index contributed by atoms with van der Waals surface area (Å²) >= 11 is 0. The van der Waals surface area contributed by atoms with Gasteiger partial charge in [-0.1, -0.05) is 0 Å². The van der Waals surface area contributed by atoms with Crippen LogP contribution in [0.25, 0.3) is 0 Å². The Hall–Kier alpha value is -1.29. The maximum Gasteiger partial charge on any atom is 0.147 e. The number of nitrogens with one attached hydrogen (secondary N) is 1. The van der Waals surface area contributed by atoms with E-state index < -0.39 is 39.8 Å². The number of sulfone groups is 1. The Morgan fingerprint density at radius 3 is 2.32 bits per heavy atom. The number of aliphatic hydroxyl groups excluding tert-OH is 2. The van der Waals surface area contributed by atoms with Gasteiger partial charge in [0.1, 0.15) is 33.9 Å². The number of anilines is 1. The molecular weight excluding hydrogens is 354 g/mol. The van der Waals surface area contributed by atoms with Crippen LogP contribution in [0.15, 0.2) is 12.1 Å². The van der Waals surface area contributed by atoms with Gasteiger partial charge in [-0.2, -0.15) is 0 Å². The Bertz CT molecular complexity index is 729. The number of benzene rings is 1. The van der Waals surface area contributed by atoms with Gasteiger partial charge in [0.25, 0.3) is 0 Å². The second-order valence-electron chi connectivity index (χ2n) is 7.00. The average molecular weight is 376 g/mol. The molecule has 0 bridgehead atoms. The van der Waals surface area contributed by atoms with Gasteiger partial charge in [-0.15, -0.1) is 0 Å². The lowest BCUT2D eigenvalue weighted by molar-refractivity contribution is -0.0115. The molecule has 0 aromatic heterocycles. The van der Waals surface area contributed by atoms with E-state index in [0.717, 1.165) is 0 Å². The van der Waals surface area contributed by atoms with Crippen molar-refractivity contribution < 1.29 is 27.4 Å². The van der Waals surface area contributed by atoms with E-state index >= 15 is 0 Å². The van der Waals surface area contributed by atoms with E-state index in [0.29, 0.717) is 25.2 Å². The molecule has 1 aromatic carbocycles. The molecule has 2 aliphatic rings. The standard InChI is InChI=1S/C16H22F2N2O4S/c1-25(23,24)8-9-6-20(7-9)10-4-12(17)15(13(18)5-10)11-2-3-14(21)19-16(11)22/h4-5,9,11,14,16,19,21-22H,2-3,6-8H2,1H3. The van der Waals surface area contributed by atoms with Crippen molar-refractivity contribution in [1.29, 1.82) is 0 Å². The smallest absolute Gasteiger partial charge is 0.147 e. The summed E-state index contributed by atoms with van der Waals surface area (Å²) < 4.78 is 51.5. The quantitative estimate of drug-likeness (QED) is 0.711. The molecule has 3 unspecified atom stereocenters. The number of hydrogen-bond donors (Lipinski definition) is 3. The second-order valence-corrected chi connectivity index (χ2v) is 9.18. The van der Waals surface area contributed by atoms with Crippen molar-refractivity contribution in [2.75, 3.05) is 30.0 Å². The highest BCUT2D eigenvalue weighted by Gasteiger charge is 2.34. The van der Waals surface area contributed by atoms with E-state index in [-0.39, 0.29) is 23.7 Å². The SMILES string of the molecule is CS(=O)(=O)CC1CN(c2cc(F)c(C3CCC(O)NC3O)c(F)c2)C1. The van der Waals surface area contributed by atoms with Crippen molar-refractivity contribution in [2.24, 2.45) is 5.92 Å². The van der Waals surface area contributed by atoms with E-state index in [4.69, 9.17) is 0 Å². The van der Waals surface area contributed by atoms with Crippen LogP contribution < -0.4 is 10.2 Å². The fourth-order valence-electron chi connectivity index (χ4n) is 3.62. The third-order valence-electron chi connectivity index (χ3n) is 4.79. The van der Waals surface area contributed by atoms with Gasteiger partial charge < -0.3 is 15.1 Å². The van der Waals surface area contributed by atoms with Gasteiger partial charge in [0, 0.05) is 42.4 Å². The maximum atomic E-state index is 14.5. The molecule has 3 rings (SSSR count). The Morgan fingerprint density at radius 2 is 1.80 bits per heavy atom. The largest absolute Gasteiger partial charge is 0.379 e. The molecule has 3 atom stereocenters. The molecule has 0 saturated carbocycles. The zero-order chi connectivity index (χ0) is 18.4. The Balaban J connectivity index is 1.73. The summed E-state index contributed by atoms with van der Waals surface area (Å²) in [5.41, 5.74) is 0.172. The van der Waals surface area contributed by atoms with Crippen LogP contribution in [0.2, 0.25) is 0 Å². The minimum atomic E-state index is -3.07. The lowest BCUT2D eigenvalue weighted by atomic mass is 9.88. The highest BCUT2D eigenvalue weighted by Crippen LogP contribution is 2.35. The summed E-state index contributed by atoms with van der Waals surface area (Å²) in [5.74, 6) is -2.24. The van der Waals surface area contributed by atoms with Gasteiger partial charge in [-0.25, -0.2) is 17.2 Å². The molecule has 25 heavy (non-hydrogen) atoms. The summed E-state index contributed by atoms with van der Waals surface area (Å²) in [5, 5.41) is 21.9. The van der Waals surface area contributed by atoms with Crippen molar-refractivity contribution in [3.8, 4) is 0 Å². The highest BCUT2D eigenvalue weighted by atomic mass is 32.2. The minimum absolute atomic E-state index is 0.0355. The minimum Gasteiger partial charge on any atom is -0.379 e. The van der Waals surface area contributed by atoms with E-state index in [1.54, 1.807) is 4.90 Å². The number of nitrogens with zero attached hydrogens (tertiary/aromatic N) is 1. The monoisotopic (exact) mass is 376 g/mol. The van der Waals surface area contributed by atoms with Crippen LogP contribution in [-0.4, -0.2) is 56.2 Å². The third-order valence-corrected chi connectivity index (χ3v) is 5.87. The summed E-state index contributed by atoms with van der Waals surface area (Å²) in [6.07, 6.45) is -0.375. The van der Waals surface area contributed by atoms with Gasteiger partial charge in [-0.05, 0) is 25.0 Å². The van der Waals surface area contributed by atoms with Gasteiger partial charge >= 0.3 is 0 Å². The van der Waals surface area contributed by atoms with Gasteiger partial charge in [0.15, 0.2) is 0 Å². The van der Waals surface area contributed by atoms with Gasteiger partial charge in [0.05, 0.1) is 5.75 Å². The molecular formula is C16H22F2N2O4S. The van der Waals surface area contributed by atoms with E-state index in [9.17, 15) is 27.4 Å². The molecule has 2 fully saturated rings. The first-order chi connectivity index (χ1) is 11.6. The summed E-state index contributed by atoms with van der Waals surface area (Å²) in [6, 6.07) is 2.43. The number of hydrogen-bond acceptors (Lipinski definition) is 6. The Labute approximate surface area is 145 Å². The molecule has 0 amide bonds. The summed E-state index contributed by atoms with van der Waals surface area (Å²) in [6.45, 7) is 0.871. The molecule has 0 aliphatic carbocycles. The molecule has 0 radical (unpaired) electrons. The molecule has 3 N–H and O–H groups in total. The number of rotatable bonds is 4. The highest BCUT2D eigenvalue weighted by molar-refractivity contribution is 7.90. The first kappa shape index (κ1) is 18.5. The molecule has 1 aromatic rings. The molecule has 2 aliphatic heterocycles. The van der Waals surface area contributed by atoms with Crippen LogP contribution in [0.3, 0.4) is 0 Å². The first-order valence-electron chi connectivity index (χ1n) is 8.18. The normalized spacial score (nSPS) is 28.0. The molecule has 2 heterocycles. The van der Waals surface area contributed by atoms with Crippen LogP contribution in [-0.2, 0) is 9.84 Å². The lowest BCUT2D eigenvalue weighted by Crippen LogP contribution is -2.49. The predicted octanol–water partition coefficient (Wildman–Crippen LogP) is 0.549. The zero-order valence-corrected chi connectivity index (χ0v) is 14.6. The van der Waals surface area contributed by atoms with Crippen LogP contribution in [0.1, 0.15) is 24.3 Å². The first-order valence-corrected chi connectivity index (χ1v) is 10.2. The molecule has 2 saturated heterocycles. The van der Waals surface area contributed by atoms with E-state index in [2.05, 4.69) is 5.32 Å². The van der Waals surface area contributed by atoms with Gasteiger partial charge in [-0.3, -0.25) is 5.32 Å². The number of halogens is 2. The van der Waals surface area contributed by atoms with Crippen molar-refractivity contribution in [2.45, 2.75) is 31.2 Å². The van der Waals surface area contributed by atoms with Gasteiger partial charge in [0.2, 0.25) is 0 Å². The lowest BCUT2D eigenvalue weighted by Gasteiger charge is -2.41. The van der Waals surface area contributed by atoms with Crippen molar-refractivity contribution in [1.82, 2.24) is 5.32 Å². The molecule has 140 valence electrons. The fraction of sp³-hybridized carbons (Fsp3) is 0.625. The van der Waals surface area contributed by atoms with Crippen molar-refractivity contribution in [3.63, 3.8) is 0 Å². The third kappa shape index (κ3) is 4.11. The molecule has 9 heteroatoms. The Morgan fingerprint density at radius 1 is 1.20 bits per heavy atom.